The Kier molecular flexibility index (Phi) is 33.6. The molecule has 8 N–H and O–H groups in total. The van der Waals surface area contributed by atoms with Crippen molar-refractivity contribution in [2.75, 3.05) is 91.6 Å². The van der Waals surface area contributed by atoms with Gasteiger partial charge in [-0.2, -0.15) is 0 Å². The van der Waals surface area contributed by atoms with E-state index in [4.69, 9.17) is 22.9 Å². The fourth-order valence-electron chi connectivity index (χ4n) is 8.69. The van der Waals surface area contributed by atoms with Crippen LogP contribution < -0.4 is 22.9 Å². The predicted molar refractivity (Wildman–Crippen MR) is 231 cm³/mol. The van der Waals surface area contributed by atoms with Gasteiger partial charge in [-0.3, -0.25) is 0 Å². The molecular formula is C44H96N8. The summed E-state index contributed by atoms with van der Waals surface area (Å²) >= 11 is 0. The molecule has 0 aromatic rings. The van der Waals surface area contributed by atoms with E-state index in [2.05, 4.69) is 47.3 Å². The lowest BCUT2D eigenvalue weighted by Gasteiger charge is -2.35. The highest BCUT2D eigenvalue weighted by molar-refractivity contribution is 4.78. The van der Waals surface area contributed by atoms with Gasteiger partial charge in [0.25, 0.3) is 0 Å². The monoisotopic (exact) mass is 737 g/mol. The molecule has 2 saturated carbocycles. The van der Waals surface area contributed by atoms with Crippen molar-refractivity contribution in [3.05, 3.63) is 0 Å². The van der Waals surface area contributed by atoms with Crippen LogP contribution in [0.4, 0.5) is 0 Å². The molecule has 0 unspecified atom stereocenters. The molecule has 0 aromatic carbocycles. The Morgan fingerprint density at radius 2 is 0.635 bits per heavy atom. The molecule has 2 aliphatic carbocycles. The van der Waals surface area contributed by atoms with E-state index in [9.17, 15) is 0 Å². The summed E-state index contributed by atoms with van der Waals surface area (Å²) in [6.07, 6.45) is 29.7. The molecule has 312 valence electrons. The molecular weight excluding hydrogens is 641 g/mol. The normalized spacial score (nSPS) is 16.3. The van der Waals surface area contributed by atoms with Crippen molar-refractivity contribution in [3.63, 3.8) is 0 Å². The molecule has 0 spiro atoms. The summed E-state index contributed by atoms with van der Waals surface area (Å²) in [5.74, 6) is 1.49. The van der Waals surface area contributed by atoms with Crippen molar-refractivity contribution in [2.24, 2.45) is 34.8 Å². The summed E-state index contributed by atoms with van der Waals surface area (Å²) in [6.45, 7) is 24.8. The number of rotatable bonds is 32. The maximum absolute atomic E-state index is 5.79. The van der Waals surface area contributed by atoms with Crippen LogP contribution in [0.3, 0.4) is 0 Å². The van der Waals surface area contributed by atoms with Crippen molar-refractivity contribution in [2.45, 2.75) is 181 Å². The van der Waals surface area contributed by atoms with E-state index in [0.29, 0.717) is 0 Å². The second-order valence-corrected chi connectivity index (χ2v) is 17.4. The Hall–Kier alpha value is -0.320. The van der Waals surface area contributed by atoms with Crippen molar-refractivity contribution in [3.8, 4) is 0 Å². The molecule has 0 heterocycles. The number of unbranched alkanes of at least 4 members (excludes halogenated alkanes) is 6. The minimum atomic E-state index is 0.745. The maximum Gasteiger partial charge on any atom is 0.00952 e. The zero-order valence-electron chi connectivity index (χ0n) is 35.9. The summed E-state index contributed by atoms with van der Waals surface area (Å²) in [5, 5.41) is 0. The average Bonchev–Trinajstić information content (AvgIpc) is 3.15. The lowest BCUT2D eigenvalue weighted by Crippen LogP contribution is -2.39. The van der Waals surface area contributed by atoms with E-state index in [1.165, 1.54) is 168 Å². The van der Waals surface area contributed by atoms with Crippen molar-refractivity contribution < 1.29 is 0 Å². The molecule has 0 atom stereocenters. The molecule has 0 aliphatic heterocycles. The van der Waals surface area contributed by atoms with Crippen molar-refractivity contribution in [1.29, 1.82) is 0 Å². The summed E-state index contributed by atoms with van der Waals surface area (Å²) < 4.78 is 0. The Morgan fingerprint density at radius 3 is 0.942 bits per heavy atom. The van der Waals surface area contributed by atoms with Gasteiger partial charge in [0.1, 0.15) is 0 Å². The molecule has 2 rings (SSSR count). The van der Waals surface area contributed by atoms with Crippen molar-refractivity contribution >= 4 is 0 Å². The summed E-state index contributed by atoms with van der Waals surface area (Å²) in [6, 6.07) is 1.69. The van der Waals surface area contributed by atoms with Crippen LogP contribution in [0.1, 0.15) is 169 Å². The molecule has 8 heteroatoms. The molecule has 8 nitrogen and oxygen atoms in total. The van der Waals surface area contributed by atoms with Crippen LogP contribution in [0.5, 0.6) is 0 Å². The number of hydrogen-bond acceptors (Lipinski definition) is 8. The van der Waals surface area contributed by atoms with Crippen LogP contribution in [0, 0.1) is 11.8 Å². The van der Waals surface area contributed by atoms with Crippen molar-refractivity contribution in [1.82, 2.24) is 19.6 Å². The fourth-order valence-corrected chi connectivity index (χ4v) is 8.69. The first kappa shape index (κ1) is 49.7. The second-order valence-electron chi connectivity index (χ2n) is 17.4. The minimum absolute atomic E-state index is 0.745. The van der Waals surface area contributed by atoms with Gasteiger partial charge in [0.05, 0.1) is 0 Å². The molecule has 0 amide bonds. The van der Waals surface area contributed by atoms with Gasteiger partial charge in [-0.1, -0.05) is 91.9 Å². The van der Waals surface area contributed by atoms with E-state index in [-0.39, 0.29) is 0 Å². The van der Waals surface area contributed by atoms with Crippen LogP contribution in [0.2, 0.25) is 0 Å². The summed E-state index contributed by atoms with van der Waals surface area (Å²) in [7, 11) is 0. The highest BCUT2D eigenvalue weighted by Gasteiger charge is 2.21. The van der Waals surface area contributed by atoms with E-state index >= 15 is 0 Å². The average molecular weight is 737 g/mol. The summed E-state index contributed by atoms with van der Waals surface area (Å²) in [5.41, 5.74) is 22.9. The fraction of sp³-hybridized carbons (Fsp3) is 1.00. The SMILES string of the molecule is CC(C)CN(CCCN)CCCCCCN(CCCN)CC(C)C.NCCCN(CCCCCCN(CCCN)C1CCCCC1)C1CCCCC1. The number of nitrogens with two attached hydrogens (primary N) is 4. The largest absolute Gasteiger partial charge is 0.330 e. The van der Waals surface area contributed by atoms with Gasteiger partial charge in [0.15, 0.2) is 0 Å². The standard InChI is InChI=1S/C24H50N4.C20H46N4/c25-17-11-21-27(23-13-5-3-6-14-23)19-9-1-2-10-20-28(22-12-18-26)24-15-7-4-8-16-24;1-19(2)17-23(15-9-11-21)13-7-5-6-8-14-24(16-10-12-22)18-20(3)4/h23-24H,1-22,25-26H2;19-20H,5-18,21-22H2,1-4H3. The van der Waals surface area contributed by atoms with Gasteiger partial charge in [0, 0.05) is 25.2 Å². The molecule has 2 aliphatic rings. The Bertz CT molecular complexity index is 665. The Morgan fingerprint density at radius 1 is 0.365 bits per heavy atom. The van der Waals surface area contributed by atoms with E-state index in [1.807, 2.05) is 0 Å². The molecule has 0 saturated heterocycles. The van der Waals surface area contributed by atoms with Crippen LogP contribution in [-0.2, 0) is 0 Å². The molecule has 0 radical (unpaired) electrons. The third kappa shape index (κ3) is 27.3. The topological polar surface area (TPSA) is 117 Å². The van der Waals surface area contributed by atoms with Gasteiger partial charge in [0.2, 0.25) is 0 Å². The lowest BCUT2D eigenvalue weighted by atomic mass is 9.93. The van der Waals surface area contributed by atoms with E-state index < -0.39 is 0 Å². The first-order valence-corrected chi connectivity index (χ1v) is 23.1. The van der Waals surface area contributed by atoms with Crippen LogP contribution >= 0.6 is 0 Å². The quantitative estimate of drug-likeness (QED) is 0.0520. The van der Waals surface area contributed by atoms with E-state index in [0.717, 1.165) is 88.9 Å². The molecule has 52 heavy (non-hydrogen) atoms. The molecule has 2 fully saturated rings. The van der Waals surface area contributed by atoms with Crippen LogP contribution in [0.25, 0.3) is 0 Å². The Balaban J connectivity index is 0.000000528. The van der Waals surface area contributed by atoms with Gasteiger partial charge >= 0.3 is 0 Å². The minimum Gasteiger partial charge on any atom is -0.330 e. The first-order chi connectivity index (χ1) is 25.3. The summed E-state index contributed by atoms with van der Waals surface area (Å²) in [4.78, 5) is 10.8. The second kappa shape index (κ2) is 35.1. The number of nitrogens with zero attached hydrogens (tertiary/aromatic N) is 4. The van der Waals surface area contributed by atoms with Gasteiger partial charge in [-0.25, -0.2) is 0 Å². The first-order valence-electron chi connectivity index (χ1n) is 23.1. The third-order valence-corrected chi connectivity index (χ3v) is 11.4. The molecule has 0 bridgehead atoms. The van der Waals surface area contributed by atoms with Gasteiger partial charge < -0.3 is 42.5 Å². The van der Waals surface area contributed by atoms with Gasteiger partial charge in [-0.15, -0.1) is 0 Å². The van der Waals surface area contributed by atoms with Gasteiger partial charge in [-0.05, 0) is 167 Å². The van der Waals surface area contributed by atoms with Crippen LogP contribution in [0.15, 0.2) is 0 Å². The lowest BCUT2D eigenvalue weighted by molar-refractivity contribution is 0.146. The molecule has 0 aromatic heterocycles. The zero-order chi connectivity index (χ0) is 38.1. The number of hydrogen-bond donors (Lipinski definition) is 4. The highest BCUT2D eigenvalue weighted by Crippen LogP contribution is 2.25. The third-order valence-electron chi connectivity index (χ3n) is 11.4. The van der Waals surface area contributed by atoms with Crippen LogP contribution in [-0.4, -0.2) is 123 Å². The Labute approximate surface area is 326 Å². The van der Waals surface area contributed by atoms with E-state index in [1.54, 1.807) is 0 Å². The maximum atomic E-state index is 5.79. The zero-order valence-corrected chi connectivity index (χ0v) is 35.9. The predicted octanol–water partition coefficient (Wildman–Crippen LogP) is 7.67. The highest BCUT2D eigenvalue weighted by atomic mass is 15.2. The smallest absolute Gasteiger partial charge is 0.00952 e.